The first-order valence-electron chi connectivity index (χ1n) is 8.82. The Morgan fingerprint density at radius 1 is 1.17 bits per heavy atom. The van der Waals surface area contributed by atoms with Gasteiger partial charge >= 0.3 is 0 Å². The molecule has 1 aromatic rings. The minimum atomic E-state index is -3.46. The molecule has 0 aromatic heterocycles. The van der Waals surface area contributed by atoms with E-state index in [1.54, 1.807) is 12.1 Å². The van der Waals surface area contributed by atoms with Gasteiger partial charge in [0.2, 0.25) is 10.0 Å². The van der Waals surface area contributed by atoms with Crippen LogP contribution in [-0.4, -0.2) is 52.2 Å². The molecule has 1 saturated heterocycles. The Kier molecular flexibility index (Phi) is 7.22. The maximum atomic E-state index is 12.6. The van der Waals surface area contributed by atoms with E-state index in [1.807, 2.05) is 12.1 Å². The van der Waals surface area contributed by atoms with E-state index in [0.717, 1.165) is 44.7 Å². The van der Waals surface area contributed by atoms with Gasteiger partial charge in [0.05, 0.1) is 18.1 Å². The summed E-state index contributed by atoms with van der Waals surface area (Å²) in [6, 6.07) is 7.34. The van der Waals surface area contributed by atoms with Crippen molar-refractivity contribution in [2.24, 2.45) is 5.92 Å². The standard InChI is InChI=1S/C18H30N2O3S/c1-4-16-5-7-18(8-6-16)24(21,22)19-14-17(13-15(2)3)20-9-11-23-12-10-20/h5-8,15,17,19H,4,9-14H2,1-3H3. The largest absolute Gasteiger partial charge is 0.379 e. The minimum absolute atomic E-state index is 0.207. The van der Waals surface area contributed by atoms with Gasteiger partial charge in [-0.1, -0.05) is 32.9 Å². The fraction of sp³-hybridized carbons (Fsp3) is 0.667. The van der Waals surface area contributed by atoms with Crippen molar-refractivity contribution in [3.05, 3.63) is 29.8 Å². The molecule has 0 radical (unpaired) electrons. The van der Waals surface area contributed by atoms with Crippen LogP contribution in [0.15, 0.2) is 29.2 Å². The molecule has 5 nitrogen and oxygen atoms in total. The topological polar surface area (TPSA) is 58.6 Å². The second-order valence-corrected chi connectivity index (χ2v) is 8.55. The van der Waals surface area contributed by atoms with Crippen molar-refractivity contribution in [3.8, 4) is 0 Å². The van der Waals surface area contributed by atoms with Gasteiger partial charge in [0.15, 0.2) is 0 Å². The molecular weight excluding hydrogens is 324 g/mol. The number of rotatable bonds is 8. The number of benzene rings is 1. The predicted octanol–water partition coefficient (Wildman–Crippen LogP) is 2.27. The van der Waals surface area contributed by atoms with Crippen LogP contribution in [0.25, 0.3) is 0 Å². The summed E-state index contributed by atoms with van der Waals surface area (Å²) in [6.45, 7) is 10.0. The van der Waals surface area contributed by atoms with Crippen LogP contribution in [0.3, 0.4) is 0 Å². The monoisotopic (exact) mass is 354 g/mol. The van der Waals surface area contributed by atoms with Gasteiger partial charge in [-0.15, -0.1) is 0 Å². The average Bonchev–Trinajstić information content (AvgIpc) is 2.59. The molecule has 1 unspecified atom stereocenters. The normalized spacial score (nSPS) is 18.0. The molecule has 1 aliphatic rings. The van der Waals surface area contributed by atoms with Crippen molar-refractivity contribution in [2.75, 3.05) is 32.8 Å². The van der Waals surface area contributed by atoms with Crippen LogP contribution < -0.4 is 4.72 Å². The summed E-state index contributed by atoms with van der Waals surface area (Å²) in [6.07, 6.45) is 1.87. The summed E-state index contributed by atoms with van der Waals surface area (Å²) >= 11 is 0. The number of ether oxygens (including phenoxy) is 1. The van der Waals surface area contributed by atoms with Crippen molar-refractivity contribution < 1.29 is 13.2 Å². The highest BCUT2D eigenvalue weighted by molar-refractivity contribution is 7.89. The van der Waals surface area contributed by atoms with Crippen LogP contribution in [0.4, 0.5) is 0 Å². The van der Waals surface area contributed by atoms with Gasteiger partial charge in [-0.05, 0) is 36.5 Å². The molecule has 136 valence electrons. The van der Waals surface area contributed by atoms with E-state index in [4.69, 9.17) is 4.74 Å². The fourth-order valence-electron chi connectivity index (χ4n) is 3.04. The van der Waals surface area contributed by atoms with Crippen LogP contribution >= 0.6 is 0 Å². The summed E-state index contributed by atoms with van der Waals surface area (Å²) in [5.74, 6) is 0.520. The third-order valence-corrected chi connectivity index (χ3v) is 5.90. The van der Waals surface area contributed by atoms with E-state index in [2.05, 4.69) is 30.4 Å². The second kappa shape index (κ2) is 8.94. The van der Waals surface area contributed by atoms with Crippen LogP contribution in [0, 0.1) is 5.92 Å². The molecule has 0 spiro atoms. The number of sulfonamides is 1. The zero-order valence-electron chi connectivity index (χ0n) is 15.0. The molecule has 0 saturated carbocycles. The second-order valence-electron chi connectivity index (χ2n) is 6.78. The molecule has 0 bridgehead atoms. The highest BCUT2D eigenvalue weighted by atomic mass is 32.2. The average molecular weight is 355 g/mol. The Bertz CT molecular complexity index is 593. The van der Waals surface area contributed by atoms with Crippen molar-refractivity contribution in [2.45, 2.75) is 44.6 Å². The van der Waals surface area contributed by atoms with Gasteiger partial charge in [-0.3, -0.25) is 4.90 Å². The van der Waals surface area contributed by atoms with Gasteiger partial charge in [-0.25, -0.2) is 13.1 Å². The predicted molar refractivity (Wildman–Crippen MR) is 96.6 cm³/mol. The summed E-state index contributed by atoms with van der Waals surface area (Å²) in [7, 11) is -3.46. The first-order chi connectivity index (χ1) is 11.4. The lowest BCUT2D eigenvalue weighted by Crippen LogP contribution is -2.49. The van der Waals surface area contributed by atoms with Crippen LogP contribution in [0.5, 0.6) is 0 Å². The van der Waals surface area contributed by atoms with E-state index < -0.39 is 10.0 Å². The number of hydrogen-bond acceptors (Lipinski definition) is 4. The minimum Gasteiger partial charge on any atom is -0.379 e. The summed E-state index contributed by atoms with van der Waals surface area (Å²) in [4.78, 5) is 2.68. The maximum Gasteiger partial charge on any atom is 0.240 e. The van der Waals surface area contributed by atoms with Crippen molar-refractivity contribution >= 4 is 10.0 Å². The molecule has 0 aliphatic carbocycles. The molecular formula is C18H30N2O3S. The quantitative estimate of drug-likeness (QED) is 0.778. The Morgan fingerprint density at radius 3 is 2.33 bits per heavy atom. The third kappa shape index (κ3) is 5.55. The Labute approximate surface area is 146 Å². The SMILES string of the molecule is CCc1ccc(S(=O)(=O)NCC(CC(C)C)N2CCOCC2)cc1. The maximum absolute atomic E-state index is 12.6. The van der Waals surface area contributed by atoms with Crippen molar-refractivity contribution in [3.63, 3.8) is 0 Å². The zero-order chi connectivity index (χ0) is 17.6. The molecule has 1 fully saturated rings. The van der Waals surface area contributed by atoms with Crippen LogP contribution in [0.2, 0.25) is 0 Å². The van der Waals surface area contributed by atoms with Gasteiger partial charge in [0, 0.05) is 25.7 Å². The van der Waals surface area contributed by atoms with E-state index in [-0.39, 0.29) is 6.04 Å². The molecule has 1 aromatic carbocycles. The van der Waals surface area contributed by atoms with E-state index in [9.17, 15) is 8.42 Å². The Hall–Kier alpha value is -0.950. The molecule has 6 heteroatoms. The molecule has 2 rings (SSSR count). The number of aryl methyl sites for hydroxylation is 1. The van der Waals surface area contributed by atoms with E-state index in [1.165, 1.54) is 0 Å². The van der Waals surface area contributed by atoms with Gasteiger partial charge in [-0.2, -0.15) is 0 Å². The van der Waals surface area contributed by atoms with Crippen LogP contribution in [-0.2, 0) is 21.2 Å². The van der Waals surface area contributed by atoms with Gasteiger partial charge in [0.1, 0.15) is 0 Å². The van der Waals surface area contributed by atoms with E-state index in [0.29, 0.717) is 17.4 Å². The molecule has 1 aliphatic heterocycles. The summed E-state index contributed by atoms with van der Waals surface area (Å²) in [5, 5.41) is 0. The number of nitrogens with zero attached hydrogens (tertiary/aromatic N) is 1. The number of hydrogen-bond donors (Lipinski definition) is 1. The molecule has 24 heavy (non-hydrogen) atoms. The highest BCUT2D eigenvalue weighted by Gasteiger charge is 2.24. The van der Waals surface area contributed by atoms with Crippen molar-refractivity contribution in [1.29, 1.82) is 0 Å². The van der Waals surface area contributed by atoms with E-state index >= 15 is 0 Å². The number of morpholine rings is 1. The molecule has 1 N–H and O–H groups in total. The van der Waals surface area contributed by atoms with Crippen LogP contribution in [0.1, 0.15) is 32.8 Å². The molecule has 1 heterocycles. The molecule has 1 atom stereocenters. The lowest BCUT2D eigenvalue weighted by molar-refractivity contribution is 0.0134. The smallest absolute Gasteiger partial charge is 0.240 e. The third-order valence-electron chi connectivity index (χ3n) is 4.46. The Balaban J connectivity index is 2.02. The van der Waals surface area contributed by atoms with Crippen molar-refractivity contribution in [1.82, 2.24) is 9.62 Å². The summed E-state index contributed by atoms with van der Waals surface area (Å²) in [5.41, 5.74) is 1.14. The lowest BCUT2D eigenvalue weighted by Gasteiger charge is -2.35. The highest BCUT2D eigenvalue weighted by Crippen LogP contribution is 2.15. The fourth-order valence-corrected chi connectivity index (χ4v) is 4.11. The first kappa shape index (κ1) is 19.4. The lowest BCUT2D eigenvalue weighted by atomic mass is 10.0. The number of nitrogens with one attached hydrogen (secondary N) is 1. The Morgan fingerprint density at radius 2 is 1.79 bits per heavy atom. The summed E-state index contributed by atoms with van der Waals surface area (Å²) < 4.78 is 33.3. The van der Waals surface area contributed by atoms with Gasteiger partial charge < -0.3 is 4.74 Å². The van der Waals surface area contributed by atoms with Gasteiger partial charge in [0.25, 0.3) is 0 Å². The zero-order valence-corrected chi connectivity index (χ0v) is 15.8. The first-order valence-corrected chi connectivity index (χ1v) is 10.3. The molecule has 0 amide bonds.